The van der Waals surface area contributed by atoms with Gasteiger partial charge in [0, 0.05) is 31.9 Å². The first kappa shape index (κ1) is 28.6. The molecule has 10 nitrogen and oxygen atoms in total. The van der Waals surface area contributed by atoms with Crippen LogP contribution in [0.1, 0.15) is 47.5 Å². The van der Waals surface area contributed by atoms with Gasteiger partial charge in [0.1, 0.15) is 29.0 Å². The number of aryl methyl sites for hydroxylation is 1. The fourth-order valence-corrected chi connectivity index (χ4v) is 6.07. The Bertz CT molecular complexity index is 1460. The van der Waals surface area contributed by atoms with E-state index in [4.69, 9.17) is 14.5 Å². The second-order valence-corrected chi connectivity index (χ2v) is 10.7. The number of amidine groups is 1. The average molecular weight is 578 g/mol. The Morgan fingerprint density at radius 1 is 1.02 bits per heavy atom. The molecule has 1 fully saturated rings. The number of methoxy groups -OCH3 is 2. The number of benzene rings is 2. The standard InChI is InChI=1S/C30H35N5O5S/c1-4-5-12-20-23(24-21(39-2)13-9-14-22(24)40-3)26(36)25(28(37)31-20)29(38)34-15-17-35(18-16-34)30-32-27(33-41-30)19-10-7-6-8-11-19/h6-11,13-14,27,33H,4-5,12,15-18H2,1-3H3,(H2,31,36,37). The van der Waals surface area contributed by atoms with E-state index in [0.29, 0.717) is 60.9 Å². The highest BCUT2D eigenvalue weighted by Crippen LogP contribution is 2.45. The minimum atomic E-state index is -0.607. The lowest BCUT2D eigenvalue weighted by molar-refractivity contribution is 0.0688. The number of ether oxygens (including phenoxy) is 2. The minimum Gasteiger partial charge on any atom is -0.506 e. The summed E-state index contributed by atoms with van der Waals surface area (Å²) in [5, 5.41) is 12.5. The number of carbonyl (C=O) groups is 1. The molecule has 1 amide bonds. The number of nitrogens with one attached hydrogen (secondary N) is 2. The van der Waals surface area contributed by atoms with Crippen molar-refractivity contribution in [2.45, 2.75) is 32.4 Å². The van der Waals surface area contributed by atoms with E-state index in [1.54, 1.807) is 23.1 Å². The zero-order valence-corrected chi connectivity index (χ0v) is 24.3. The fourth-order valence-electron chi connectivity index (χ4n) is 5.20. The van der Waals surface area contributed by atoms with Crippen molar-refractivity contribution in [3.05, 3.63) is 75.7 Å². The number of unbranched alkanes of at least 4 members (excludes halogenated alkanes) is 1. The number of rotatable bonds is 8. The third-order valence-electron chi connectivity index (χ3n) is 7.39. The second kappa shape index (κ2) is 12.7. The van der Waals surface area contributed by atoms with Crippen molar-refractivity contribution in [3.63, 3.8) is 0 Å². The SMILES string of the molecule is CCCCc1[nH]c(=O)c(C(=O)N2CCN(C3=NC(c4ccccc4)NS3)CC2)c(O)c1-c1c(OC)cccc1OC. The molecule has 1 aromatic heterocycles. The minimum absolute atomic E-state index is 0.122. The van der Waals surface area contributed by atoms with E-state index in [9.17, 15) is 14.7 Å². The fraction of sp³-hybridized carbons (Fsp3) is 0.367. The van der Waals surface area contributed by atoms with Crippen molar-refractivity contribution in [1.29, 1.82) is 0 Å². The molecule has 3 heterocycles. The maximum atomic E-state index is 13.7. The molecule has 3 N–H and O–H groups in total. The number of aromatic hydroxyl groups is 1. The van der Waals surface area contributed by atoms with Crippen LogP contribution >= 0.6 is 11.9 Å². The lowest BCUT2D eigenvalue weighted by atomic mass is 9.95. The van der Waals surface area contributed by atoms with Crippen LogP contribution in [0.4, 0.5) is 0 Å². The van der Waals surface area contributed by atoms with Crippen molar-refractivity contribution in [1.82, 2.24) is 19.5 Å². The van der Waals surface area contributed by atoms with Crippen molar-refractivity contribution in [3.8, 4) is 28.4 Å². The van der Waals surface area contributed by atoms with E-state index in [1.165, 1.54) is 26.2 Å². The van der Waals surface area contributed by atoms with Crippen LogP contribution in [-0.4, -0.2) is 71.4 Å². The molecular weight excluding hydrogens is 542 g/mol. The van der Waals surface area contributed by atoms with Crippen LogP contribution < -0.4 is 19.8 Å². The number of hydrogen-bond acceptors (Lipinski definition) is 9. The summed E-state index contributed by atoms with van der Waals surface area (Å²) in [6.45, 7) is 3.94. The van der Waals surface area contributed by atoms with E-state index >= 15 is 0 Å². The summed E-state index contributed by atoms with van der Waals surface area (Å²) in [6.07, 6.45) is 2.07. The first-order valence-corrected chi connectivity index (χ1v) is 14.6. The lowest BCUT2D eigenvalue weighted by Gasteiger charge is -2.35. The van der Waals surface area contributed by atoms with Crippen LogP contribution in [0.5, 0.6) is 17.2 Å². The molecule has 1 atom stereocenters. The Labute approximate surface area is 243 Å². The Hall–Kier alpha value is -3.96. The van der Waals surface area contributed by atoms with Crippen LogP contribution in [0.3, 0.4) is 0 Å². The van der Waals surface area contributed by atoms with Crippen LogP contribution in [0.15, 0.2) is 58.3 Å². The van der Waals surface area contributed by atoms with Gasteiger partial charge in [0.25, 0.3) is 11.5 Å². The van der Waals surface area contributed by atoms with Gasteiger partial charge in [0.2, 0.25) is 0 Å². The normalized spacial score (nSPS) is 17.0. The molecule has 216 valence electrons. The van der Waals surface area contributed by atoms with Crippen LogP contribution in [0.25, 0.3) is 11.1 Å². The summed E-state index contributed by atoms with van der Waals surface area (Å²) in [7, 11) is 3.06. The number of carbonyl (C=O) groups excluding carboxylic acids is 1. The van der Waals surface area contributed by atoms with Gasteiger partial charge in [-0.05, 0) is 42.5 Å². The highest BCUT2D eigenvalue weighted by Gasteiger charge is 2.33. The van der Waals surface area contributed by atoms with Crippen LogP contribution in [-0.2, 0) is 6.42 Å². The molecule has 5 rings (SSSR count). The third-order valence-corrected chi connectivity index (χ3v) is 8.28. The van der Waals surface area contributed by atoms with E-state index in [-0.39, 0.29) is 17.5 Å². The summed E-state index contributed by atoms with van der Waals surface area (Å²) in [6, 6.07) is 15.3. The van der Waals surface area contributed by atoms with Gasteiger partial charge >= 0.3 is 0 Å². The number of piperazine rings is 1. The Kier molecular flexibility index (Phi) is 8.84. The zero-order valence-electron chi connectivity index (χ0n) is 23.5. The number of nitrogens with zero attached hydrogens (tertiary/aromatic N) is 3. The highest BCUT2D eigenvalue weighted by molar-refractivity contribution is 8.12. The maximum absolute atomic E-state index is 13.7. The number of H-pyrrole nitrogens is 1. The number of pyridine rings is 1. The van der Waals surface area contributed by atoms with Crippen molar-refractivity contribution in [2.75, 3.05) is 40.4 Å². The lowest BCUT2D eigenvalue weighted by Crippen LogP contribution is -2.50. The van der Waals surface area contributed by atoms with E-state index in [1.807, 2.05) is 37.3 Å². The number of aromatic amines is 1. The molecule has 41 heavy (non-hydrogen) atoms. The smallest absolute Gasteiger partial charge is 0.264 e. The van der Waals surface area contributed by atoms with Gasteiger partial charge in [-0.1, -0.05) is 49.7 Å². The molecule has 2 aromatic carbocycles. The molecule has 0 spiro atoms. The second-order valence-electron chi connectivity index (χ2n) is 9.90. The van der Waals surface area contributed by atoms with Gasteiger partial charge in [-0.2, -0.15) is 0 Å². The van der Waals surface area contributed by atoms with Gasteiger partial charge in [-0.15, -0.1) is 0 Å². The molecule has 2 aliphatic heterocycles. The van der Waals surface area contributed by atoms with Crippen LogP contribution in [0.2, 0.25) is 0 Å². The Balaban J connectivity index is 1.42. The topological polar surface area (TPSA) is 119 Å². The molecule has 0 saturated carbocycles. The molecule has 0 aliphatic carbocycles. The summed E-state index contributed by atoms with van der Waals surface area (Å²) < 4.78 is 14.5. The predicted molar refractivity (Wildman–Crippen MR) is 161 cm³/mol. The van der Waals surface area contributed by atoms with Crippen molar-refractivity contribution in [2.24, 2.45) is 4.99 Å². The monoisotopic (exact) mass is 577 g/mol. The molecule has 0 radical (unpaired) electrons. The molecule has 1 unspecified atom stereocenters. The Morgan fingerprint density at radius 3 is 2.34 bits per heavy atom. The first-order chi connectivity index (χ1) is 20.0. The number of amides is 1. The first-order valence-electron chi connectivity index (χ1n) is 13.8. The van der Waals surface area contributed by atoms with Crippen molar-refractivity contribution >= 4 is 23.0 Å². The van der Waals surface area contributed by atoms with E-state index < -0.39 is 11.5 Å². The third kappa shape index (κ3) is 5.77. The summed E-state index contributed by atoms with van der Waals surface area (Å²) in [4.78, 5) is 38.5. The molecule has 0 bridgehead atoms. The summed E-state index contributed by atoms with van der Waals surface area (Å²) in [5.41, 5.74) is 1.58. The zero-order chi connectivity index (χ0) is 28.9. The molecular formula is C30H35N5O5S. The van der Waals surface area contributed by atoms with Gasteiger partial charge in [0.05, 0.1) is 25.3 Å². The number of hydrogen-bond donors (Lipinski definition) is 3. The summed E-state index contributed by atoms with van der Waals surface area (Å²) >= 11 is 1.48. The molecule has 3 aromatic rings. The molecule has 2 aliphatic rings. The average Bonchev–Trinajstić information content (AvgIpc) is 3.50. The number of aliphatic imine (C=N–C) groups is 1. The van der Waals surface area contributed by atoms with Crippen LogP contribution in [0, 0.1) is 0 Å². The quantitative estimate of drug-likeness (QED) is 0.342. The molecule has 11 heteroatoms. The predicted octanol–water partition coefficient (Wildman–Crippen LogP) is 4.17. The maximum Gasteiger partial charge on any atom is 0.264 e. The Morgan fingerprint density at radius 2 is 1.71 bits per heavy atom. The van der Waals surface area contributed by atoms with Gasteiger partial charge in [-0.3, -0.25) is 9.59 Å². The van der Waals surface area contributed by atoms with Gasteiger partial charge in [0.15, 0.2) is 5.17 Å². The van der Waals surface area contributed by atoms with Gasteiger partial charge < -0.3 is 29.4 Å². The van der Waals surface area contributed by atoms with E-state index in [2.05, 4.69) is 14.6 Å². The van der Waals surface area contributed by atoms with Crippen molar-refractivity contribution < 1.29 is 19.4 Å². The highest BCUT2D eigenvalue weighted by atomic mass is 32.2. The van der Waals surface area contributed by atoms with Gasteiger partial charge in [-0.25, -0.2) is 9.71 Å². The number of aromatic nitrogens is 1. The molecule has 1 saturated heterocycles. The van der Waals surface area contributed by atoms with E-state index in [0.717, 1.165) is 23.6 Å². The largest absolute Gasteiger partial charge is 0.506 e. The summed E-state index contributed by atoms with van der Waals surface area (Å²) in [5.74, 6) is 0.0602.